The monoisotopic (exact) mass is 427 g/mol. The number of anilines is 1. The lowest BCUT2D eigenvalue weighted by Gasteiger charge is -2.15. The van der Waals surface area contributed by atoms with Gasteiger partial charge >= 0.3 is 0 Å². The van der Waals surface area contributed by atoms with E-state index in [0.717, 1.165) is 46.7 Å². The lowest BCUT2D eigenvalue weighted by atomic mass is 10.1. The quantitative estimate of drug-likeness (QED) is 0.508. The molecule has 1 aliphatic heterocycles. The third kappa shape index (κ3) is 3.71. The Bertz CT molecular complexity index is 1300. The molecule has 0 unspecified atom stereocenters. The van der Waals surface area contributed by atoms with E-state index < -0.39 is 5.91 Å². The number of hydrogen-bond donors (Lipinski definition) is 2. The van der Waals surface area contributed by atoms with Crippen LogP contribution in [0.2, 0.25) is 0 Å². The standard InChI is InChI=1S/C25H25N5O2/c1-16-14-21-19(23(26)31)8-5-11-30(21)22(16)25-28-20-10-13-32-12-9-18(20)24(29-25)27-15-17-6-3-2-4-7-17/h2-8,11,14H,9-10,12-13,15H2,1H3,(H2,26,31)(H,27,28,29). The molecule has 0 saturated heterocycles. The average molecular weight is 428 g/mol. The summed E-state index contributed by atoms with van der Waals surface area (Å²) in [5.41, 5.74) is 12.0. The molecular weight excluding hydrogens is 402 g/mol. The number of rotatable bonds is 5. The minimum Gasteiger partial charge on any atom is -0.381 e. The second-order valence-electron chi connectivity index (χ2n) is 7.99. The number of aromatic nitrogens is 3. The van der Waals surface area contributed by atoms with Crippen molar-refractivity contribution in [2.45, 2.75) is 26.3 Å². The maximum atomic E-state index is 11.9. The molecule has 4 heterocycles. The predicted molar refractivity (Wildman–Crippen MR) is 124 cm³/mol. The van der Waals surface area contributed by atoms with E-state index in [1.165, 1.54) is 5.56 Å². The van der Waals surface area contributed by atoms with Crippen LogP contribution in [0.15, 0.2) is 54.7 Å². The molecule has 1 amide bonds. The second kappa shape index (κ2) is 8.43. The second-order valence-corrected chi connectivity index (χ2v) is 7.99. The Kier molecular flexibility index (Phi) is 5.33. The van der Waals surface area contributed by atoms with Crippen molar-refractivity contribution in [2.75, 3.05) is 18.5 Å². The van der Waals surface area contributed by atoms with Crippen LogP contribution in [0.1, 0.15) is 32.7 Å². The highest BCUT2D eigenvalue weighted by atomic mass is 16.5. The number of amides is 1. The molecule has 5 rings (SSSR count). The molecule has 7 heteroatoms. The van der Waals surface area contributed by atoms with E-state index in [9.17, 15) is 4.79 Å². The van der Waals surface area contributed by atoms with Crippen molar-refractivity contribution in [2.24, 2.45) is 5.73 Å². The van der Waals surface area contributed by atoms with Gasteiger partial charge in [-0.3, -0.25) is 4.79 Å². The number of nitrogens with zero attached hydrogens (tertiary/aromatic N) is 3. The van der Waals surface area contributed by atoms with Crippen LogP contribution in [0, 0.1) is 6.92 Å². The van der Waals surface area contributed by atoms with Gasteiger partial charge in [0.15, 0.2) is 5.82 Å². The molecule has 7 nitrogen and oxygen atoms in total. The van der Waals surface area contributed by atoms with E-state index >= 15 is 0 Å². The molecule has 1 aliphatic rings. The summed E-state index contributed by atoms with van der Waals surface area (Å²) >= 11 is 0. The molecule has 0 fully saturated rings. The number of benzene rings is 1. The lowest BCUT2D eigenvalue weighted by molar-refractivity contribution is 0.100. The van der Waals surface area contributed by atoms with Crippen LogP contribution in [0.25, 0.3) is 17.0 Å². The zero-order valence-corrected chi connectivity index (χ0v) is 18.0. The predicted octanol–water partition coefficient (Wildman–Crippen LogP) is 3.53. The first-order valence-corrected chi connectivity index (χ1v) is 10.8. The Morgan fingerprint density at radius 3 is 2.75 bits per heavy atom. The molecule has 0 atom stereocenters. The number of fused-ring (bicyclic) bond motifs is 2. The Morgan fingerprint density at radius 2 is 1.94 bits per heavy atom. The van der Waals surface area contributed by atoms with Crippen molar-refractivity contribution < 1.29 is 9.53 Å². The van der Waals surface area contributed by atoms with Crippen molar-refractivity contribution in [3.63, 3.8) is 0 Å². The van der Waals surface area contributed by atoms with Crippen molar-refractivity contribution in [1.29, 1.82) is 0 Å². The van der Waals surface area contributed by atoms with E-state index in [-0.39, 0.29) is 0 Å². The van der Waals surface area contributed by atoms with Gasteiger partial charge in [0.1, 0.15) is 5.82 Å². The summed E-state index contributed by atoms with van der Waals surface area (Å²) in [4.78, 5) is 21.8. The molecule has 32 heavy (non-hydrogen) atoms. The van der Waals surface area contributed by atoms with Crippen LogP contribution in [0.3, 0.4) is 0 Å². The van der Waals surface area contributed by atoms with Gasteiger partial charge in [-0.25, -0.2) is 9.97 Å². The highest BCUT2D eigenvalue weighted by Gasteiger charge is 2.21. The third-order valence-electron chi connectivity index (χ3n) is 5.85. The van der Waals surface area contributed by atoms with E-state index in [0.29, 0.717) is 31.1 Å². The van der Waals surface area contributed by atoms with Crippen LogP contribution in [-0.2, 0) is 24.1 Å². The van der Waals surface area contributed by atoms with Crippen LogP contribution in [0.4, 0.5) is 5.82 Å². The number of carbonyl (C=O) groups excluding carboxylic acids is 1. The summed E-state index contributed by atoms with van der Waals surface area (Å²) in [5.74, 6) is 1.00. The van der Waals surface area contributed by atoms with Gasteiger partial charge < -0.3 is 20.2 Å². The third-order valence-corrected chi connectivity index (χ3v) is 5.85. The molecule has 0 radical (unpaired) electrons. The largest absolute Gasteiger partial charge is 0.381 e. The van der Waals surface area contributed by atoms with Gasteiger partial charge in [-0.2, -0.15) is 0 Å². The van der Waals surface area contributed by atoms with E-state index in [1.807, 2.05) is 47.9 Å². The van der Waals surface area contributed by atoms with Crippen LogP contribution >= 0.6 is 0 Å². The summed E-state index contributed by atoms with van der Waals surface area (Å²) in [6.45, 7) is 3.97. The fourth-order valence-electron chi connectivity index (χ4n) is 4.30. The molecule has 4 aromatic rings. The highest BCUT2D eigenvalue weighted by Crippen LogP contribution is 2.30. The first-order chi connectivity index (χ1) is 15.6. The molecule has 0 spiro atoms. The number of primary amides is 1. The van der Waals surface area contributed by atoms with Gasteiger partial charge in [0.25, 0.3) is 5.91 Å². The van der Waals surface area contributed by atoms with Crippen molar-refractivity contribution in [1.82, 2.24) is 14.4 Å². The SMILES string of the molecule is Cc1cc2c(C(N)=O)cccn2c1-c1nc2c(c(NCc3ccccc3)n1)CCOCC2. The number of hydrogen-bond acceptors (Lipinski definition) is 5. The molecule has 0 saturated carbocycles. The normalized spacial score (nSPS) is 13.5. The Hall–Kier alpha value is -3.71. The molecular formula is C25H25N5O2. The molecule has 162 valence electrons. The number of aryl methyl sites for hydroxylation is 1. The zero-order valence-electron chi connectivity index (χ0n) is 18.0. The Labute approximate surface area is 186 Å². The maximum Gasteiger partial charge on any atom is 0.250 e. The first kappa shape index (κ1) is 20.2. The van der Waals surface area contributed by atoms with Gasteiger partial charge in [-0.05, 0) is 36.2 Å². The summed E-state index contributed by atoms with van der Waals surface area (Å²) < 4.78 is 7.66. The van der Waals surface area contributed by atoms with Crippen molar-refractivity contribution in [3.8, 4) is 11.5 Å². The smallest absolute Gasteiger partial charge is 0.250 e. The minimum atomic E-state index is -0.454. The highest BCUT2D eigenvalue weighted by molar-refractivity contribution is 6.00. The zero-order chi connectivity index (χ0) is 22.1. The topological polar surface area (TPSA) is 94.5 Å². The molecule has 1 aromatic carbocycles. The summed E-state index contributed by atoms with van der Waals surface area (Å²) in [5, 5.41) is 3.53. The molecule has 0 aliphatic carbocycles. The van der Waals surface area contributed by atoms with E-state index in [1.54, 1.807) is 6.07 Å². The number of ether oxygens (including phenoxy) is 1. The fourth-order valence-corrected chi connectivity index (χ4v) is 4.30. The maximum absolute atomic E-state index is 11.9. The van der Waals surface area contributed by atoms with E-state index in [4.69, 9.17) is 20.4 Å². The number of pyridine rings is 1. The fraction of sp³-hybridized carbons (Fsp3) is 0.240. The lowest BCUT2D eigenvalue weighted by Crippen LogP contribution is -2.13. The number of carbonyl (C=O) groups is 1. The Morgan fingerprint density at radius 1 is 1.12 bits per heavy atom. The van der Waals surface area contributed by atoms with Gasteiger partial charge in [-0.1, -0.05) is 30.3 Å². The summed E-state index contributed by atoms with van der Waals surface area (Å²) in [6.07, 6.45) is 3.42. The average Bonchev–Trinajstić information content (AvgIpc) is 2.96. The van der Waals surface area contributed by atoms with Crippen molar-refractivity contribution >= 4 is 17.2 Å². The van der Waals surface area contributed by atoms with Gasteiger partial charge in [-0.15, -0.1) is 0 Å². The number of nitrogens with one attached hydrogen (secondary N) is 1. The minimum absolute atomic E-state index is 0.454. The van der Waals surface area contributed by atoms with Gasteiger partial charge in [0, 0.05) is 31.1 Å². The first-order valence-electron chi connectivity index (χ1n) is 10.8. The van der Waals surface area contributed by atoms with Crippen LogP contribution < -0.4 is 11.1 Å². The number of nitrogens with two attached hydrogens (primary N) is 1. The van der Waals surface area contributed by atoms with Crippen LogP contribution in [0.5, 0.6) is 0 Å². The van der Waals surface area contributed by atoms with Gasteiger partial charge in [0.2, 0.25) is 0 Å². The Balaban J connectivity index is 1.63. The molecule has 3 aromatic heterocycles. The van der Waals surface area contributed by atoms with Crippen molar-refractivity contribution in [3.05, 3.63) is 82.7 Å². The summed E-state index contributed by atoms with van der Waals surface area (Å²) in [7, 11) is 0. The summed E-state index contributed by atoms with van der Waals surface area (Å²) in [6, 6.07) is 15.8. The van der Waals surface area contributed by atoms with E-state index in [2.05, 4.69) is 17.4 Å². The van der Waals surface area contributed by atoms with Crippen LogP contribution in [-0.4, -0.2) is 33.5 Å². The van der Waals surface area contributed by atoms with Gasteiger partial charge in [0.05, 0.1) is 35.7 Å². The molecule has 3 N–H and O–H groups in total. The molecule has 0 bridgehead atoms.